The smallest absolute Gasteiger partial charge is 0.315 e. The molecule has 0 aliphatic carbocycles. The third-order valence-electron chi connectivity index (χ3n) is 7.00. The van der Waals surface area contributed by atoms with Crippen LogP contribution in [0.2, 0.25) is 0 Å². The van der Waals surface area contributed by atoms with Crippen molar-refractivity contribution in [3.05, 3.63) is 36.0 Å². The highest BCUT2D eigenvalue weighted by molar-refractivity contribution is 5.83. The minimum absolute atomic E-state index is 0.0691. The molecule has 2 rings (SSSR count). The van der Waals surface area contributed by atoms with Crippen LogP contribution < -0.4 is 48.3 Å². The number of carbonyl (C=O) groups excluding carboxylic acids is 4. The fraction of sp³-hybridized carbons (Fsp3) is 0.586. The van der Waals surface area contributed by atoms with E-state index in [2.05, 4.69) is 47.5 Å². The third kappa shape index (κ3) is 13.1. The normalized spacial score (nSPS) is 13.0. The molecule has 43 heavy (non-hydrogen) atoms. The van der Waals surface area contributed by atoms with Gasteiger partial charge in [0.15, 0.2) is 0 Å². The number of fused-ring (bicyclic) bond motifs is 1. The van der Waals surface area contributed by atoms with Crippen molar-refractivity contribution in [2.24, 2.45) is 11.7 Å². The van der Waals surface area contributed by atoms with Crippen LogP contribution in [-0.4, -0.2) is 87.0 Å². The standard InChI is InChI=1S/C29H50N10O4/c1-5-32-27(41)37-21(10-8-9-13-30)16-34-28(42)38-22(14-20-15-33-24-12-7-6-11-23(20)24)17-35-29(43)39-25(19(2)3)18-36-26(40)31-4/h6-7,11-12,15,19,21-22,25,33H,5,8-10,13-14,16-18,30H2,1-4H3,(H2,31,36,40)(H2,32,37,41)(H2,34,38,42)(H2,35,39,43)/t21-,22-,25+/m0/s1. The van der Waals surface area contributed by atoms with E-state index in [9.17, 15) is 19.2 Å². The summed E-state index contributed by atoms with van der Waals surface area (Å²) in [5.74, 6) is 0.0691. The number of aromatic amines is 1. The van der Waals surface area contributed by atoms with E-state index >= 15 is 0 Å². The van der Waals surface area contributed by atoms with E-state index in [-0.39, 0.29) is 49.7 Å². The predicted octanol–water partition coefficient (Wildman–Crippen LogP) is 1.45. The van der Waals surface area contributed by atoms with E-state index in [0.29, 0.717) is 25.9 Å². The highest BCUT2D eigenvalue weighted by Crippen LogP contribution is 2.19. The van der Waals surface area contributed by atoms with Gasteiger partial charge in [0.1, 0.15) is 0 Å². The first kappa shape index (κ1) is 35.0. The van der Waals surface area contributed by atoms with E-state index < -0.39 is 18.1 Å². The summed E-state index contributed by atoms with van der Waals surface area (Å²) in [5.41, 5.74) is 7.59. The molecule has 1 aromatic heterocycles. The van der Waals surface area contributed by atoms with Crippen LogP contribution in [-0.2, 0) is 6.42 Å². The van der Waals surface area contributed by atoms with Crippen LogP contribution in [0.25, 0.3) is 10.9 Å². The molecule has 0 unspecified atom stereocenters. The molecule has 0 spiro atoms. The van der Waals surface area contributed by atoms with Crippen LogP contribution in [0.3, 0.4) is 0 Å². The van der Waals surface area contributed by atoms with Gasteiger partial charge in [-0.2, -0.15) is 0 Å². The lowest BCUT2D eigenvalue weighted by Gasteiger charge is -2.25. The quantitative estimate of drug-likeness (QED) is 0.122. The maximum Gasteiger partial charge on any atom is 0.315 e. The molecule has 0 radical (unpaired) electrons. The summed E-state index contributed by atoms with van der Waals surface area (Å²) in [6, 6.07) is 5.42. The zero-order valence-corrected chi connectivity index (χ0v) is 25.8. The molecule has 0 bridgehead atoms. The number of para-hydroxylation sites is 1. The molecule has 2 aromatic rings. The van der Waals surface area contributed by atoms with Gasteiger partial charge in [0.05, 0.1) is 12.1 Å². The van der Waals surface area contributed by atoms with E-state index in [1.807, 2.05) is 51.2 Å². The van der Waals surface area contributed by atoms with Crippen LogP contribution in [0.5, 0.6) is 0 Å². The molecular formula is C29H50N10O4. The lowest BCUT2D eigenvalue weighted by molar-refractivity contribution is 0.224. The predicted molar refractivity (Wildman–Crippen MR) is 169 cm³/mol. The van der Waals surface area contributed by atoms with Crippen molar-refractivity contribution in [1.29, 1.82) is 0 Å². The average Bonchev–Trinajstić information content (AvgIpc) is 3.39. The number of unbranched alkanes of at least 4 members (excludes halogenated alkanes) is 1. The molecule has 3 atom stereocenters. The summed E-state index contributed by atoms with van der Waals surface area (Å²) in [6.07, 6.45) is 4.66. The van der Waals surface area contributed by atoms with Crippen molar-refractivity contribution >= 4 is 35.0 Å². The fourth-order valence-corrected chi connectivity index (χ4v) is 4.53. The number of nitrogens with one attached hydrogen (secondary N) is 9. The van der Waals surface area contributed by atoms with E-state index in [1.165, 1.54) is 7.05 Å². The fourth-order valence-electron chi connectivity index (χ4n) is 4.53. The Morgan fingerprint density at radius 1 is 0.814 bits per heavy atom. The number of hydrogen-bond acceptors (Lipinski definition) is 5. The Balaban J connectivity index is 2.05. The molecule has 0 aliphatic rings. The number of urea groups is 4. The number of amides is 8. The summed E-state index contributed by atoms with van der Waals surface area (Å²) in [7, 11) is 1.53. The first-order chi connectivity index (χ1) is 20.7. The lowest BCUT2D eigenvalue weighted by atomic mass is 10.0. The SMILES string of the molecule is CCNC(=O)N[C@@H](CCCCN)CNC(=O)N[C@H](CNC(=O)N[C@H](CNC(=O)NC)C(C)C)Cc1c[nH]c2ccccc12. The topological polar surface area (TPSA) is 206 Å². The minimum atomic E-state index is -0.446. The van der Waals surface area contributed by atoms with Gasteiger partial charge in [0.25, 0.3) is 0 Å². The van der Waals surface area contributed by atoms with E-state index in [0.717, 1.165) is 29.3 Å². The third-order valence-corrected chi connectivity index (χ3v) is 7.00. The van der Waals surface area contributed by atoms with E-state index in [1.54, 1.807) is 0 Å². The van der Waals surface area contributed by atoms with Gasteiger partial charge in [0.2, 0.25) is 0 Å². The van der Waals surface area contributed by atoms with Crippen LogP contribution in [0.1, 0.15) is 45.6 Å². The van der Waals surface area contributed by atoms with Crippen molar-refractivity contribution < 1.29 is 19.2 Å². The van der Waals surface area contributed by atoms with Gasteiger partial charge < -0.3 is 53.3 Å². The Kier molecular flexibility index (Phi) is 15.5. The number of aromatic nitrogens is 1. The number of nitrogens with two attached hydrogens (primary N) is 1. The molecule has 0 fully saturated rings. The Morgan fingerprint density at radius 2 is 1.44 bits per heavy atom. The molecule has 240 valence electrons. The first-order valence-corrected chi connectivity index (χ1v) is 15.0. The van der Waals surface area contributed by atoms with Crippen molar-refractivity contribution in [2.45, 2.75) is 64.6 Å². The zero-order chi connectivity index (χ0) is 31.6. The Hall–Kier alpha value is -4.20. The molecule has 11 N–H and O–H groups in total. The molecule has 0 aliphatic heterocycles. The minimum Gasteiger partial charge on any atom is -0.361 e. The molecule has 1 aromatic carbocycles. The van der Waals surface area contributed by atoms with Gasteiger partial charge >= 0.3 is 24.1 Å². The highest BCUT2D eigenvalue weighted by Gasteiger charge is 2.21. The monoisotopic (exact) mass is 602 g/mol. The van der Waals surface area contributed by atoms with Gasteiger partial charge in [-0.25, -0.2) is 19.2 Å². The second-order valence-corrected chi connectivity index (χ2v) is 10.8. The highest BCUT2D eigenvalue weighted by atomic mass is 16.2. The van der Waals surface area contributed by atoms with Crippen molar-refractivity contribution in [1.82, 2.24) is 47.5 Å². The second-order valence-electron chi connectivity index (χ2n) is 10.8. The van der Waals surface area contributed by atoms with Crippen molar-refractivity contribution in [2.75, 3.05) is 39.8 Å². The number of H-pyrrole nitrogens is 1. The molecule has 0 saturated carbocycles. The first-order valence-electron chi connectivity index (χ1n) is 15.0. The van der Waals surface area contributed by atoms with Crippen LogP contribution >= 0.6 is 0 Å². The van der Waals surface area contributed by atoms with Crippen LogP contribution in [0, 0.1) is 5.92 Å². The van der Waals surface area contributed by atoms with Crippen LogP contribution in [0.15, 0.2) is 30.5 Å². The average molecular weight is 603 g/mol. The summed E-state index contributed by atoms with van der Waals surface area (Å²) in [6.45, 7) is 7.44. The van der Waals surface area contributed by atoms with Crippen molar-refractivity contribution in [3.8, 4) is 0 Å². The maximum atomic E-state index is 13.0. The molecule has 0 saturated heterocycles. The molecule has 1 heterocycles. The molecule has 14 heteroatoms. The Labute approximate surface area is 253 Å². The van der Waals surface area contributed by atoms with Crippen LogP contribution in [0.4, 0.5) is 19.2 Å². The largest absolute Gasteiger partial charge is 0.361 e. The van der Waals surface area contributed by atoms with Crippen molar-refractivity contribution in [3.63, 3.8) is 0 Å². The summed E-state index contributed by atoms with van der Waals surface area (Å²) in [5, 5.41) is 23.5. The molecular weight excluding hydrogens is 552 g/mol. The number of hydrogen-bond donors (Lipinski definition) is 10. The number of benzene rings is 1. The lowest BCUT2D eigenvalue weighted by Crippen LogP contribution is -2.55. The van der Waals surface area contributed by atoms with Gasteiger partial charge in [-0.05, 0) is 50.3 Å². The van der Waals surface area contributed by atoms with Gasteiger partial charge in [-0.15, -0.1) is 0 Å². The van der Waals surface area contributed by atoms with E-state index in [4.69, 9.17) is 5.73 Å². The number of rotatable bonds is 17. The zero-order valence-electron chi connectivity index (χ0n) is 25.8. The number of carbonyl (C=O) groups is 4. The summed E-state index contributed by atoms with van der Waals surface area (Å²) < 4.78 is 0. The summed E-state index contributed by atoms with van der Waals surface area (Å²) in [4.78, 5) is 52.8. The molecule has 8 amide bonds. The van der Waals surface area contributed by atoms with Gasteiger partial charge in [-0.1, -0.05) is 38.5 Å². The van der Waals surface area contributed by atoms with Gasteiger partial charge in [-0.3, -0.25) is 0 Å². The summed E-state index contributed by atoms with van der Waals surface area (Å²) >= 11 is 0. The molecule has 14 nitrogen and oxygen atoms in total. The Morgan fingerprint density at radius 3 is 2.12 bits per heavy atom. The second kappa shape index (κ2) is 19.1. The maximum absolute atomic E-state index is 13.0. The van der Waals surface area contributed by atoms with Gasteiger partial charge in [0, 0.05) is 56.4 Å². The Bertz CT molecular complexity index is 1160.